The second kappa shape index (κ2) is 11.9. The van der Waals surface area contributed by atoms with E-state index in [2.05, 4.69) is 195 Å². The van der Waals surface area contributed by atoms with Crippen molar-refractivity contribution < 1.29 is 0 Å². The average molecular weight is 750 g/mol. The third-order valence-electron chi connectivity index (χ3n) is 12.3. The Labute approximate surface area is 333 Å². The van der Waals surface area contributed by atoms with Gasteiger partial charge in [-0.25, -0.2) is 0 Å². The summed E-state index contributed by atoms with van der Waals surface area (Å²) in [6.07, 6.45) is 0. The third kappa shape index (κ3) is 4.53. The lowest BCUT2D eigenvalue weighted by Gasteiger charge is -2.29. The highest BCUT2D eigenvalue weighted by atomic mass is 32.1. The molecule has 0 unspecified atom stereocenters. The zero-order chi connectivity index (χ0) is 37.1. The van der Waals surface area contributed by atoms with Gasteiger partial charge in [0.25, 0.3) is 0 Å². The molecule has 1 nitrogen and oxygen atoms in total. The summed E-state index contributed by atoms with van der Waals surface area (Å²) < 4.78 is 5.36. The lowest BCUT2D eigenvalue weighted by Crippen LogP contribution is -2.16. The fraction of sp³-hybridized carbons (Fsp3) is 0.0566. The maximum absolute atomic E-state index is 2.50. The van der Waals surface area contributed by atoms with Crippen LogP contribution in [0.1, 0.15) is 25.0 Å². The molecule has 9 aromatic carbocycles. The number of rotatable bonds is 4. The molecule has 0 saturated carbocycles. The summed E-state index contributed by atoms with van der Waals surface area (Å²) in [7, 11) is 0. The molecule has 0 fully saturated rings. The van der Waals surface area contributed by atoms with E-state index in [0.29, 0.717) is 0 Å². The number of fused-ring (bicyclic) bond motifs is 13. The van der Waals surface area contributed by atoms with Crippen LogP contribution in [0.5, 0.6) is 0 Å². The molecule has 1 aliphatic rings. The van der Waals surface area contributed by atoms with Crippen molar-refractivity contribution >= 4 is 102 Å². The lowest BCUT2D eigenvalue weighted by molar-refractivity contribution is 0.660. The SMILES string of the molecule is CC1(C)c2ccccc2-c2c(N(c3ccc(-c4cccc5ccccc45)cc3)c3ccc4c(c3)sc3ccc5sc6c7ccccc7ccc6c5c34)cccc21. The highest BCUT2D eigenvalue weighted by molar-refractivity contribution is 7.28. The molecule has 56 heavy (non-hydrogen) atoms. The molecule has 1 aliphatic carbocycles. The molecule has 0 spiro atoms. The predicted molar refractivity (Wildman–Crippen MR) is 245 cm³/mol. The topological polar surface area (TPSA) is 3.24 Å². The fourth-order valence-electron chi connectivity index (χ4n) is 9.60. The number of thiophene rings is 2. The van der Waals surface area contributed by atoms with E-state index < -0.39 is 0 Å². The number of benzene rings is 9. The van der Waals surface area contributed by atoms with Crippen molar-refractivity contribution in [3.63, 3.8) is 0 Å². The second-order valence-electron chi connectivity index (χ2n) is 15.6. The van der Waals surface area contributed by atoms with Gasteiger partial charge in [0.2, 0.25) is 0 Å². The largest absolute Gasteiger partial charge is 0.310 e. The summed E-state index contributed by atoms with van der Waals surface area (Å²) in [5, 5.41) is 10.6. The molecule has 11 aromatic rings. The highest BCUT2D eigenvalue weighted by Crippen LogP contribution is 2.55. The van der Waals surface area contributed by atoms with Gasteiger partial charge in [-0.1, -0.05) is 147 Å². The first kappa shape index (κ1) is 32.0. The summed E-state index contributed by atoms with van der Waals surface area (Å²) >= 11 is 3.83. The zero-order valence-electron chi connectivity index (χ0n) is 31.0. The second-order valence-corrected chi connectivity index (χ2v) is 17.8. The first-order chi connectivity index (χ1) is 27.5. The molecule has 12 rings (SSSR count). The van der Waals surface area contributed by atoms with Crippen LogP contribution < -0.4 is 4.90 Å². The van der Waals surface area contributed by atoms with Crippen molar-refractivity contribution in [2.75, 3.05) is 4.90 Å². The van der Waals surface area contributed by atoms with E-state index in [1.54, 1.807) is 0 Å². The molecule has 0 atom stereocenters. The fourth-order valence-corrected chi connectivity index (χ4v) is 12.0. The Hall–Kier alpha value is -6.26. The first-order valence-corrected chi connectivity index (χ1v) is 21.0. The number of anilines is 3. The van der Waals surface area contributed by atoms with E-state index in [9.17, 15) is 0 Å². The minimum atomic E-state index is -0.0960. The zero-order valence-corrected chi connectivity index (χ0v) is 32.6. The number of nitrogens with zero attached hydrogens (tertiary/aromatic N) is 1. The molecule has 0 aliphatic heterocycles. The van der Waals surface area contributed by atoms with E-state index in [1.807, 2.05) is 22.7 Å². The van der Waals surface area contributed by atoms with Gasteiger partial charge in [-0.2, -0.15) is 0 Å². The van der Waals surface area contributed by atoms with Gasteiger partial charge in [-0.15, -0.1) is 22.7 Å². The van der Waals surface area contributed by atoms with Gasteiger partial charge >= 0.3 is 0 Å². The van der Waals surface area contributed by atoms with Crippen molar-refractivity contribution in [2.45, 2.75) is 19.3 Å². The Morgan fingerprint density at radius 1 is 0.429 bits per heavy atom. The van der Waals surface area contributed by atoms with E-state index in [0.717, 1.165) is 11.4 Å². The van der Waals surface area contributed by atoms with E-state index in [4.69, 9.17) is 0 Å². The van der Waals surface area contributed by atoms with Gasteiger partial charge in [0, 0.05) is 62.7 Å². The summed E-state index contributed by atoms with van der Waals surface area (Å²) in [5.41, 5.74) is 11.3. The Balaban J connectivity index is 1.08. The summed E-state index contributed by atoms with van der Waals surface area (Å²) in [5.74, 6) is 0. The molecule has 264 valence electrons. The van der Waals surface area contributed by atoms with E-state index in [-0.39, 0.29) is 5.41 Å². The lowest BCUT2D eigenvalue weighted by atomic mass is 9.82. The van der Waals surface area contributed by atoms with Crippen LogP contribution in [0, 0.1) is 0 Å². The smallest absolute Gasteiger partial charge is 0.0543 e. The monoisotopic (exact) mass is 749 g/mol. The van der Waals surface area contributed by atoms with Gasteiger partial charge in [0.15, 0.2) is 0 Å². The maximum Gasteiger partial charge on any atom is 0.0543 e. The minimum Gasteiger partial charge on any atom is -0.310 e. The van der Waals surface area contributed by atoms with Crippen molar-refractivity contribution in [3.8, 4) is 22.3 Å². The standard InChI is InChI=1S/C53H35NS2/c1-53(2)43-18-8-7-16-40(43)49-44(53)19-10-20-45(49)54(35-24-21-34(22-25-35)38-17-9-13-32-11-3-5-14-37(32)38)36-26-28-41-48(31-36)55-46-29-30-47-51(50(41)46)42-27-23-33-12-4-6-15-39(33)52(42)56-47/h3-31H,1-2H3. The minimum absolute atomic E-state index is 0.0960. The molecule has 0 radical (unpaired) electrons. The summed E-state index contributed by atoms with van der Waals surface area (Å²) in [6.45, 7) is 4.73. The Morgan fingerprint density at radius 2 is 1.05 bits per heavy atom. The van der Waals surface area contributed by atoms with Gasteiger partial charge in [0.05, 0.1) is 5.69 Å². The Kier molecular flexibility index (Phi) is 6.79. The summed E-state index contributed by atoms with van der Waals surface area (Å²) in [6, 6.07) is 65.6. The summed E-state index contributed by atoms with van der Waals surface area (Å²) in [4.78, 5) is 2.50. The van der Waals surface area contributed by atoms with Gasteiger partial charge in [-0.3, -0.25) is 0 Å². The molecule has 0 saturated heterocycles. The molecule has 0 bridgehead atoms. The number of hydrogen-bond donors (Lipinski definition) is 0. The normalized spacial score (nSPS) is 13.3. The highest BCUT2D eigenvalue weighted by Gasteiger charge is 2.37. The van der Waals surface area contributed by atoms with Crippen molar-refractivity contribution in [2.24, 2.45) is 0 Å². The molecule has 2 aromatic heterocycles. The first-order valence-electron chi connectivity index (χ1n) is 19.3. The van der Waals surface area contributed by atoms with Gasteiger partial charge < -0.3 is 4.90 Å². The Morgan fingerprint density at radius 3 is 1.91 bits per heavy atom. The van der Waals surface area contributed by atoms with E-state index >= 15 is 0 Å². The van der Waals surface area contributed by atoms with Crippen molar-refractivity contribution in [1.82, 2.24) is 0 Å². The quantitative estimate of drug-likeness (QED) is 0.173. The molecular weight excluding hydrogens is 715 g/mol. The van der Waals surface area contributed by atoms with Crippen LogP contribution in [-0.4, -0.2) is 0 Å². The van der Waals surface area contributed by atoms with E-state index in [1.165, 1.54) is 101 Å². The van der Waals surface area contributed by atoms with Crippen LogP contribution in [0.2, 0.25) is 0 Å². The van der Waals surface area contributed by atoms with Crippen LogP contribution in [0.15, 0.2) is 176 Å². The molecule has 0 N–H and O–H groups in total. The maximum atomic E-state index is 2.50. The van der Waals surface area contributed by atoms with Gasteiger partial charge in [0.1, 0.15) is 0 Å². The van der Waals surface area contributed by atoms with Crippen LogP contribution >= 0.6 is 22.7 Å². The third-order valence-corrected chi connectivity index (χ3v) is 14.6. The molecule has 2 heterocycles. The Bertz CT molecular complexity index is 3390. The van der Waals surface area contributed by atoms with Crippen LogP contribution in [0.3, 0.4) is 0 Å². The van der Waals surface area contributed by atoms with Crippen LogP contribution in [-0.2, 0) is 5.41 Å². The molecule has 3 heteroatoms. The van der Waals surface area contributed by atoms with Gasteiger partial charge in [-0.05, 0) is 91.8 Å². The van der Waals surface area contributed by atoms with Crippen molar-refractivity contribution in [1.29, 1.82) is 0 Å². The molecule has 0 amide bonds. The number of hydrogen-bond acceptors (Lipinski definition) is 3. The van der Waals surface area contributed by atoms with Crippen LogP contribution in [0.4, 0.5) is 17.1 Å². The van der Waals surface area contributed by atoms with Crippen LogP contribution in [0.25, 0.3) is 84.1 Å². The predicted octanol–water partition coefficient (Wildman–Crippen LogP) is 16.2. The molecular formula is C53H35NS2. The average Bonchev–Trinajstić information content (AvgIpc) is 3.89. The van der Waals surface area contributed by atoms with Crippen molar-refractivity contribution in [3.05, 3.63) is 187 Å².